The molecule has 6 aromatic rings. The average molecular weight is 1030 g/mol. The summed E-state index contributed by atoms with van der Waals surface area (Å²) in [6.45, 7) is 3.09. The van der Waals surface area contributed by atoms with E-state index in [1.165, 1.54) is 35.4 Å². The lowest BCUT2D eigenvalue weighted by Crippen LogP contribution is -2.35. The number of fused-ring (bicyclic) bond motifs is 2. The second-order valence-electron chi connectivity index (χ2n) is 15.1. The highest BCUT2D eigenvalue weighted by Crippen LogP contribution is 2.26. The van der Waals surface area contributed by atoms with Gasteiger partial charge in [-0.25, -0.2) is 83.8 Å². The molecule has 2 atom stereocenters. The van der Waals surface area contributed by atoms with Crippen LogP contribution < -0.4 is 20.3 Å². The first kappa shape index (κ1) is 53.1. The van der Waals surface area contributed by atoms with E-state index >= 15 is 0 Å². The summed E-state index contributed by atoms with van der Waals surface area (Å²) in [5.41, 5.74) is 7.32. The first-order valence-electron chi connectivity index (χ1n) is 20.2. The Kier molecular flexibility index (Phi) is 17.9. The number of carbonyl (C=O) groups is 1. The Balaban J connectivity index is 0.000000206. The normalized spacial score (nSPS) is 17.1. The highest BCUT2D eigenvalue weighted by atomic mass is 35.7. The quantitative estimate of drug-likeness (QED) is 0.129. The van der Waals surface area contributed by atoms with E-state index in [-0.39, 0.29) is 23.5 Å². The first-order chi connectivity index (χ1) is 31.9. The molecule has 8 rings (SSSR count). The van der Waals surface area contributed by atoms with Gasteiger partial charge < -0.3 is 20.6 Å². The van der Waals surface area contributed by atoms with Crippen molar-refractivity contribution in [3.05, 3.63) is 73.1 Å². The predicted molar refractivity (Wildman–Crippen MR) is 234 cm³/mol. The number of aromatic nitrogens is 10. The van der Waals surface area contributed by atoms with E-state index in [0.29, 0.717) is 53.1 Å². The smallest absolute Gasteiger partial charge is 0.475 e. The lowest BCUT2D eigenvalue weighted by atomic mass is 10.1. The Morgan fingerprint density at radius 3 is 1.56 bits per heavy atom. The van der Waals surface area contributed by atoms with Crippen LogP contribution in [-0.4, -0.2) is 134 Å². The highest BCUT2D eigenvalue weighted by molar-refractivity contribution is 8.13. The predicted octanol–water partition coefficient (Wildman–Crippen LogP) is 5.29. The summed E-state index contributed by atoms with van der Waals surface area (Å²) < 4.78 is 131. The number of anilines is 2. The lowest BCUT2D eigenvalue weighted by Gasteiger charge is -2.22. The summed E-state index contributed by atoms with van der Waals surface area (Å²) in [7, 11) is -1.94. The van der Waals surface area contributed by atoms with Crippen LogP contribution in [-0.2, 0) is 23.9 Å². The van der Waals surface area contributed by atoms with Gasteiger partial charge in [0.25, 0.3) is 12.9 Å². The van der Waals surface area contributed by atoms with Crippen LogP contribution in [0.5, 0.6) is 0 Å². The van der Waals surface area contributed by atoms with E-state index in [2.05, 4.69) is 65.1 Å². The fraction of sp³-hybridized carbons (Fsp3) is 0.447. The van der Waals surface area contributed by atoms with Crippen molar-refractivity contribution >= 4 is 58.7 Å². The van der Waals surface area contributed by atoms with E-state index in [0.717, 1.165) is 70.1 Å². The number of nitrogens with zero attached hydrogens (tertiary/aromatic N) is 12. The van der Waals surface area contributed by atoms with Crippen molar-refractivity contribution < 1.29 is 57.5 Å². The van der Waals surface area contributed by atoms with Crippen LogP contribution >= 0.6 is 10.7 Å². The number of aliphatic carboxylic acids is 1. The van der Waals surface area contributed by atoms with Crippen molar-refractivity contribution in [3.63, 3.8) is 0 Å². The summed E-state index contributed by atoms with van der Waals surface area (Å²) in [4.78, 5) is 46.8. The third kappa shape index (κ3) is 15.8. The molecular weight excluding hydrogens is 981 g/mol. The topological polar surface area (TPSA) is 262 Å². The van der Waals surface area contributed by atoms with Gasteiger partial charge in [0.15, 0.2) is 22.9 Å². The number of alkyl halides is 7. The molecule has 2 aliphatic heterocycles. The fourth-order valence-corrected chi connectivity index (χ4v) is 7.60. The number of halogens is 8. The molecule has 2 fully saturated rings. The summed E-state index contributed by atoms with van der Waals surface area (Å²) in [6.07, 6.45) is 8.35. The maximum Gasteiger partial charge on any atom is 0.490 e. The zero-order chi connectivity index (χ0) is 50.0. The Morgan fingerprint density at radius 1 is 0.721 bits per heavy atom. The monoisotopic (exact) mass is 1020 g/mol. The van der Waals surface area contributed by atoms with Crippen molar-refractivity contribution in [2.75, 3.05) is 48.5 Å². The van der Waals surface area contributed by atoms with Gasteiger partial charge in [0.1, 0.15) is 34.4 Å². The standard InChI is InChI=1S/C18H21F2N7O2S.C17H19F2N7.C2HF3O2.CH3ClO2S/c1-30(28,29)25-12-3-2-7-26(8-5-12)15-4-6-21-18(24-15)14-9-23-16-10-22-13(17(19)20)11-27(14)16;18-16(19)12-10-26-13(8-23-15(26)9-22-12)17-21-5-3-14(24-17)25-6-1-2-11(20)4-7-25;3-2(4,5)1(6)7;1-5(2,3)4/h4,6,9-12,17,25H,2-3,5,7-8H2,1H3;3,5,8-11,16H,1-2,4,6-7,20H2;(H,6,7);1H3. The molecule has 20 nitrogen and oxygen atoms in total. The Morgan fingerprint density at radius 2 is 1.15 bits per heavy atom. The molecule has 0 bridgehead atoms. The van der Waals surface area contributed by atoms with Crippen molar-refractivity contribution in [2.24, 2.45) is 5.73 Å². The van der Waals surface area contributed by atoms with Crippen LogP contribution in [0.25, 0.3) is 34.3 Å². The minimum Gasteiger partial charge on any atom is -0.475 e. The van der Waals surface area contributed by atoms with Crippen LogP contribution in [0.3, 0.4) is 0 Å². The number of carboxylic acid groups (broad SMARTS) is 1. The number of nitrogens with two attached hydrogens (primary N) is 1. The molecule has 30 heteroatoms. The molecule has 0 aliphatic carbocycles. The van der Waals surface area contributed by atoms with Gasteiger partial charge >= 0.3 is 12.1 Å². The Labute approximate surface area is 388 Å². The van der Waals surface area contributed by atoms with Gasteiger partial charge in [-0.1, -0.05) is 0 Å². The molecule has 8 heterocycles. The third-order valence-electron chi connectivity index (χ3n) is 9.79. The molecule has 6 aromatic heterocycles. The van der Waals surface area contributed by atoms with Crippen molar-refractivity contribution in [1.82, 2.24) is 53.4 Å². The zero-order valence-electron chi connectivity index (χ0n) is 35.9. The molecular formula is C38H44ClF7N14O6S2. The van der Waals surface area contributed by atoms with Crippen LogP contribution in [0.15, 0.2) is 61.7 Å². The number of imidazole rings is 2. The van der Waals surface area contributed by atoms with E-state index in [1.54, 1.807) is 29.1 Å². The summed E-state index contributed by atoms with van der Waals surface area (Å²) in [5, 5.41) is 7.12. The van der Waals surface area contributed by atoms with Gasteiger partial charge in [-0.2, -0.15) is 13.2 Å². The first-order valence-corrected chi connectivity index (χ1v) is 24.8. The van der Waals surface area contributed by atoms with Crippen LogP contribution in [0.4, 0.5) is 42.4 Å². The van der Waals surface area contributed by atoms with Gasteiger partial charge in [0, 0.05) is 73.7 Å². The summed E-state index contributed by atoms with van der Waals surface area (Å²) >= 11 is 0. The molecule has 370 valence electrons. The summed E-state index contributed by atoms with van der Waals surface area (Å²) in [5.74, 6) is -0.454. The fourth-order valence-electron chi connectivity index (χ4n) is 6.76. The molecule has 2 unspecified atom stereocenters. The average Bonchev–Trinajstić information content (AvgIpc) is 3.73. The molecule has 0 radical (unpaired) electrons. The van der Waals surface area contributed by atoms with Gasteiger partial charge in [0.05, 0.1) is 37.3 Å². The van der Waals surface area contributed by atoms with Gasteiger partial charge in [-0.15, -0.1) is 0 Å². The second kappa shape index (κ2) is 22.9. The van der Waals surface area contributed by atoms with Crippen molar-refractivity contribution in [1.29, 1.82) is 0 Å². The Hall–Kier alpha value is -5.91. The van der Waals surface area contributed by atoms with Crippen molar-refractivity contribution in [2.45, 2.75) is 69.6 Å². The van der Waals surface area contributed by atoms with Crippen LogP contribution in [0, 0.1) is 0 Å². The highest BCUT2D eigenvalue weighted by Gasteiger charge is 2.38. The van der Waals surface area contributed by atoms with E-state index < -0.39 is 44.1 Å². The molecule has 2 saturated heterocycles. The molecule has 2 aliphatic rings. The van der Waals surface area contributed by atoms with Gasteiger partial charge in [0.2, 0.25) is 19.1 Å². The number of sulfonamides is 1. The third-order valence-corrected chi connectivity index (χ3v) is 10.6. The molecule has 0 spiro atoms. The molecule has 68 heavy (non-hydrogen) atoms. The number of nitrogens with one attached hydrogen (secondary N) is 1. The minimum atomic E-state index is -5.08. The Bertz CT molecular complexity index is 2870. The minimum absolute atomic E-state index is 0.106. The maximum absolute atomic E-state index is 13.0. The maximum atomic E-state index is 13.0. The van der Waals surface area contributed by atoms with E-state index in [1.807, 2.05) is 6.07 Å². The largest absolute Gasteiger partial charge is 0.490 e. The molecule has 4 N–H and O–H groups in total. The van der Waals surface area contributed by atoms with Crippen LogP contribution in [0.2, 0.25) is 0 Å². The van der Waals surface area contributed by atoms with Crippen LogP contribution in [0.1, 0.15) is 62.8 Å². The number of rotatable bonds is 8. The van der Waals surface area contributed by atoms with E-state index in [4.69, 9.17) is 15.6 Å². The molecule has 0 aromatic carbocycles. The van der Waals surface area contributed by atoms with E-state index in [9.17, 15) is 47.6 Å². The SMILES string of the molecule is CS(=O)(=O)Cl.CS(=O)(=O)NC1CCCN(c2ccnc(-c3cnc4cnc(C(F)F)cn34)n2)CC1.NC1CCCN(c2ccnc(-c3cnc4cnc(C(F)F)cn34)n2)CC1.O=C(O)C(F)(F)F. The number of hydrogen-bond donors (Lipinski definition) is 3. The molecule has 0 amide bonds. The van der Waals surface area contributed by atoms with Gasteiger partial charge in [-0.05, 0) is 50.7 Å². The van der Waals surface area contributed by atoms with Crippen molar-refractivity contribution in [3.8, 4) is 23.0 Å². The zero-order valence-corrected chi connectivity index (χ0v) is 38.3. The molecule has 0 saturated carbocycles. The summed E-state index contributed by atoms with van der Waals surface area (Å²) in [6, 6.07) is 3.75. The lowest BCUT2D eigenvalue weighted by molar-refractivity contribution is -0.192. The number of carboxylic acids is 1. The second-order valence-corrected chi connectivity index (χ2v) is 19.9. The van der Waals surface area contributed by atoms with Gasteiger partial charge in [-0.3, -0.25) is 8.80 Å². The number of hydrogen-bond acceptors (Lipinski definition) is 16.